The molecule has 2 saturated heterocycles. The zero-order valence-corrected chi connectivity index (χ0v) is 13.0. The zero-order valence-electron chi connectivity index (χ0n) is 12.2. The van der Waals surface area contributed by atoms with Crippen molar-refractivity contribution in [3.05, 3.63) is 22.4 Å². The summed E-state index contributed by atoms with van der Waals surface area (Å²) >= 11 is 1.68. The maximum absolute atomic E-state index is 6.08. The van der Waals surface area contributed by atoms with Crippen LogP contribution in [-0.4, -0.2) is 30.4 Å². The number of fused-ring (bicyclic) bond motifs is 1. The second-order valence-electron chi connectivity index (χ2n) is 5.55. The van der Waals surface area contributed by atoms with Crippen LogP contribution in [0.4, 0.5) is 0 Å². The Morgan fingerprint density at radius 2 is 2.20 bits per heavy atom. The topological polar surface area (TPSA) is 36.9 Å². The highest BCUT2D eigenvalue weighted by molar-refractivity contribution is 7.07. The number of thiophene rings is 1. The third kappa shape index (κ3) is 2.65. The summed E-state index contributed by atoms with van der Waals surface area (Å²) in [6.45, 7) is 6.72. The molecule has 5 atom stereocenters. The van der Waals surface area contributed by atoms with Crippen molar-refractivity contribution in [2.75, 3.05) is 0 Å². The van der Waals surface area contributed by atoms with Crippen LogP contribution in [-0.2, 0) is 25.6 Å². The summed E-state index contributed by atoms with van der Waals surface area (Å²) in [5, 5.41) is 4.17. The summed E-state index contributed by atoms with van der Waals surface area (Å²) in [6.07, 6.45) is 1.28. The normalized spacial score (nSPS) is 40.1. The van der Waals surface area contributed by atoms with E-state index in [2.05, 4.69) is 30.7 Å². The van der Waals surface area contributed by atoms with Crippen molar-refractivity contribution >= 4 is 11.3 Å². The first-order chi connectivity index (χ1) is 9.65. The maximum atomic E-state index is 6.08. The minimum absolute atomic E-state index is 0.0463. The predicted octanol–water partition coefficient (Wildman–Crippen LogP) is 3.31. The Morgan fingerprint density at radius 1 is 1.35 bits per heavy atom. The van der Waals surface area contributed by atoms with E-state index in [1.54, 1.807) is 11.3 Å². The van der Waals surface area contributed by atoms with E-state index >= 15 is 0 Å². The average molecular weight is 298 g/mol. The van der Waals surface area contributed by atoms with Crippen molar-refractivity contribution in [3.8, 4) is 0 Å². The molecule has 0 aliphatic carbocycles. The summed E-state index contributed by atoms with van der Waals surface area (Å²) in [5.41, 5.74) is 1.20. The highest BCUT2D eigenvalue weighted by Gasteiger charge is 2.55. The van der Waals surface area contributed by atoms with Gasteiger partial charge in [-0.05, 0) is 42.2 Å². The van der Waals surface area contributed by atoms with Gasteiger partial charge in [0, 0.05) is 0 Å². The summed E-state index contributed by atoms with van der Waals surface area (Å²) in [4.78, 5) is 0. The maximum Gasteiger partial charge on any atom is 0.190 e. The zero-order chi connectivity index (χ0) is 14.2. The third-order valence-electron chi connectivity index (χ3n) is 4.09. The lowest BCUT2D eigenvalue weighted by molar-refractivity contribution is -0.229. The first kappa shape index (κ1) is 14.5. The van der Waals surface area contributed by atoms with Crippen LogP contribution in [0.15, 0.2) is 16.8 Å². The lowest BCUT2D eigenvalue weighted by Crippen LogP contribution is -2.37. The van der Waals surface area contributed by atoms with E-state index in [1.165, 1.54) is 5.56 Å². The molecule has 0 N–H and O–H groups in total. The van der Waals surface area contributed by atoms with Crippen molar-refractivity contribution < 1.29 is 18.9 Å². The van der Waals surface area contributed by atoms with Gasteiger partial charge in [-0.2, -0.15) is 11.3 Å². The van der Waals surface area contributed by atoms with Crippen LogP contribution in [0.1, 0.15) is 39.2 Å². The molecule has 5 heteroatoms. The van der Waals surface area contributed by atoms with Crippen LogP contribution in [0.5, 0.6) is 0 Å². The fourth-order valence-corrected chi connectivity index (χ4v) is 3.39. The Kier molecular flexibility index (Phi) is 4.15. The van der Waals surface area contributed by atoms with E-state index in [0.717, 1.165) is 12.8 Å². The Morgan fingerprint density at radius 3 is 2.85 bits per heavy atom. The van der Waals surface area contributed by atoms with E-state index in [-0.39, 0.29) is 24.6 Å². The smallest absolute Gasteiger partial charge is 0.190 e. The quantitative estimate of drug-likeness (QED) is 0.835. The van der Waals surface area contributed by atoms with E-state index < -0.39 is 5.79 Å². The summed E-state index contributed by atoms with van der Waals surface area (Å²) in [5.74, 6) is -0.544. The Balaban J connectivity index is 1.67. The highest BCUT2D eigenvalue weighted by atomic mass is 32.1. The number of ether oxygens (including phenoxy) is 4. The Bertz CT molecular complexity index is 435. The SMILES string of the molecule is CC[C@H]1O[C@@H]2OC(C)(CC)O[C@@H]2[C@H]1OCc1ccsc1. The number of hydrogen-bond donors (Lipinski definition) is 0. The standard InChI is InChI=1S/C15H22O4S/c1-4-11-12(16-8-10-6-7-20-9-10)13-14(17-11)19-15(3,5-2)18-13/h6-7,9,11-14H,4-5,8H2,1-3H3/t11-,12+,13-,14-,15?/m1/s1. The molecule has 1 unspecified atom stereocenters. The molecule has 1 aromatic heterocycles. The average Bonchev–Trinajstić information content (AvgIpc) is 3.11. The van der Waals surface area contributed by atoms with Crippen LogP contribution in [0.3, 0.4) is 0 Å². The molecule has 0 radical (unpaired) electrons. The number of rotatable bonds is 5. The molecule has 20 heavy (non-hydrogen) atoms. The molecule has 2 aliphatic rings. The van der Waals surface area contributed by atoms with Crippen molar-refractivity contribution in [2.24, 2.45) is 0 Å². The van der Waals surface area contributed by atoms with Crippen LogP contribution in [0.2, 0.25) is 0 Å². The van der Waals surface area contributed by atoms with Crippen LogP contribution in [0, 0.1) is 0 Å². The summed E-state index contributed by atoms with van der Waals surface area (Å²) in [7, 11) is 0. The number of hydrogen-bond acceptors (Lipinski definition) is 5. The minimum atomic E-state index is -0.544. The Labute approximate surface area is 124 Å². The molecule has 0 spiro atoms. The van der Waals surface area contributed by atoms with Gasteiger partial charge < -0.3 is 18.9 Å². The van der Waals surface area contributed by atoms with Crippen molar-refractivity contribution in [3.63, 3.8) is 0 Å². The van der Waals surface area contributed by atoms with E-state index in [9.17, 15) is 0 Å². The monoisotopic (exact) mass is 298 g/mol. The van der Waals surface area contributed by atoms with Crippen LogP contribution in [0.25, 0.3) is 0 Å². The molecule has 4 nitrogen and oxygen atoms in total. The second-order valence-corrected chi connectivity index (χ2v) is 6.33. The molecule has 0 saturated carbocycles. The van der Waals surface area contributed by atoms with Crippen molar-refractivity contribution in [2.45, 2.75) is 70.6 Å². The van der Waals surface area contributed by atoms with Gasteiger partial charge in [-0.25, -0.2) is 0 Å². The molecule has 0 aromatic carbocycles. The van der Waals surface area contributed by atoms with E-state index in [0.29, 0.717) is 6.61 Å². The van der Waals surface area contributed by atoms with Gasteiger partial charge in [0.25, 0.3) is 0 Å². The fraction of sp³-hybridized carbons (Fsp3) is 0.733. The molecular formula is C15H22O4S. The van der Waals surface area contributed by atoms with Gasteiger partial charge in [-0.1, -0.05) is 13.8 Å². The molecule has 0 amide bonds. The summed E-state index contributed by atoms with van der Waals surface area (Å²) < 4.78 is 24.0. The first-order valence-electron chi connectivity index (χ1n) is 7.29. The van der Waals surface area contributed by atoms with Gasteiger partial charge in [0.15, 0.2) is 12.1 Å². The molecule has 3 heterocycles. The summed E-state index contributed by atoms with van der Waals surface area (Å²) in [6, 6.07) is 2.08. The minimum Gasteiger partial charge on any atom is -0.368 e. The van der Waals surface area contributed by atoms with Crippen molar-refractivity contribution in [1.82, 2.24) is 0 Å². The van der Waals surface area contributed by atoms with Gasteiger partial charge in [-0.15, -0.1) is 0 Å². The van der Waals surface area contributed by atoms with E-state index in [1.807, 2.05) is 6.92 Å². The third-order valence-corrected chi connectivity index (χ3v) is 4.82. The van der Waals surface area contributed by atoms with Gasteiger partial charge in [0.1, 0.15) is 12.2 Å². The lowest BCUT2D eigenvalue weighted by Gasteiger charge is -2.27. The lowest BCUT2D eigenvalue weighted by atomic mass is 10.1. The molecule has 2 aliphatic heterocycles. The van der Waals surface area contributed by atoms with Crippen LogP contribution < -0.4 is 0 Å². The Hall–Kier alpha value is -0.460. The van der Waals surface area contributed by atoms with Gasteiger partial charge >= 0.3 is 0 Å². The van der Waals surface area contributed by atoms with Gasteiger partial charge in [-0.3, -0.25) is 0 Å². The molecule has 2 fully saturated rings. The molecule has 3 rings (SSSR count). The molecular weight excluding hydrogens is 276 g/mol. The van der Waals surface area contributed by atoms with Crippen molar-refractivity contribution in [1.29, 1.82) is 0 Å². The first-order valence-corrected chi connectivity index (χ1v) is 8.23. The largest absolute Gasteiger partial charge is 0.368 e. The second kappa shape index (κ2) is 5.73. The molecule has 112 valence electrons. The molecule has 0 bridgehead atoms. The van der Waals surface area contributed by atoms with E-state index in [4.69, 9.17) is 18.9 Å². The molecule has 1 aromatic rings. The highest BCUT2D eigenvalue weighted by Crippen LogP contribution is 2.41. The van der Waals surface area contributed by atoms with Gasteiger partial charge in [0.2, 0.25) is 0 Å². The fourth-order valence-electron chi connectivity index (χ4n) is 2.74. The predicted molar refractivity (Wildman–Crippen MR) is 76.5 cm³/mol. The van der Waals surface area contributed by atoms with Gasteiger partial charge in [0.05, 0.1) is 12.7 Å². The van der Waals surface area contributed by atoms with Crippen LogP contribution >= 0.6 is 11.3 Å².